The predicted molar refractivity (Wildman–Crippen MR) is 140 cm³/mol. The lowest BCUT2D eigenvalue weighted by Crippen LogP contribution is -2.55. The molecule has 4 nitrogen and oxygen atoms in total. The van der Waals surface area contributed by atoms with Crippen LogP contribution in [0.3, 0.4) is 0 Å². The molecule has 1 aliphatic heterocycles. The molecule has 0 aliphatic carbocycles. The maximum absolute atomic E-state index is 7.41. The second-order valence-corrected chi connectivity index (χ2v) is 16.6. The zero-order valence-corrected chi connectivity index (χ0v) is 24.1. The van der Waals surface area contributed by atoms with Gasteiger partial charge in [-0.3, -0.25) is 0 Å². The highest BCUT2D eigenvalue weighted by molar-refractivity contribution is 6.77. The highest BCUT2D eigenvalue weighted by Gasteiger charge is 2.49. The minimum Gasteiger partial charge on any atom is -0.497 e. The van der Waals surface area contributed by atoms with Gasteiger partial charge in [-0.05, 0) is 34.7 Å². The smallest absolute Gasteiger partial charge is 0.200 e. The quantitative estimate of drug-likeness (QED) is 0.302. The standard InChI is InChI=1S/C28H50O4Si/c1-12-21(8)27(32-33(18(2)3,19(4)5)20(6)7)23(10)26-22(9)17-30-28(31-26)24-13-15-25(29-11)16-14-24/h13-16,18-23,26-28H,12,17H2,1-11H3/t21-,22+,23+,26+,27-,28+/m0/s1. The van der Waals surface area contributed by atoms with Gasteiger partial charge in [0.05, 0.1) is 25.9 Å². The molecule has 0 aromatic heterocycles. The summed E-state index contributed by atoms with van der Waals surface area (Å²) in [5.74, 6) is 1.91. The molecule has 1 fully saturated rings. The van der Waals surface area contributed by atoms with Gasteiger partial charge in [-0.2, -0.15) is 0 Å². The topological polar surface area (TPSA) is 36.9 Å². The van der Waals surface area contributed by atoms with Crippen molar-refractivity contribution in [1.82, 2.24) is 0 Å². The molecule has 0 bridgehead atoms. The third kappa shape index (κ3) is 6.22. The van der Waals surface area contributed by atoms with Crippen LogP contribution in [0.25, 0.3) is 0 Å². The number of rotatable bonds is 11. The number of hydrogen-bond donors (Lipinski definition) is 0. The molecule has 190 valence electrons. The maximum atomic E-state index is 7.41. The highest BCUT2D eigenvalue weighted by atomic mass is 28.4. The lowest BCUT2D eigenvalue weighted by Gasteiger charge is -2.49. The average Bonchev–Trinajstić information content (AvgIpc) is 2.78. The van der Waals surface area contributed by atoms with Gasteiger partial charge < -0.3 is 18.6 Å². The van der Waals surface area contributed by atoms with E-state index in [1.165, 1.54) is 0 Å². The highest BCUT2D eigenvalue weighted by Crippen LogP contribution is 2.46. The summed E-state index contributed by atoms with van der Waals surface area (Å²) in [6.07, 6.45) is 1.02. The first-order chi connectivity index (χ1) is 15.5. The molecule has 33 heavy (non-hydrogen) atoms. The fourth-order valence-corrected chi connectivity index (χ4v) is 11.8. The third-order valence-corrected chi connectivity index (χ3v) is 14.1. The van der Waals surface area contributed by atoms with Crippen LogP contribution in [0.1, 0.15) is 87.5 Å². The molecule has 0 spiro atoms. The van der Waals surface area contributed by atoms with Crippen molar-refractivity contribution in [2.75, 3.05) is 13.7 Å². The summed E-state index contributed by atoms with van der Waals surface area (Å²) >= 11 is 0. The molecular formula is C28H50O4Si. The Morgan fingerprint density at radius 3 is 1.94 bits per heavy atom. The fourth-order valence-electron chi connectivity index (χ4n) is 6.03. The summed E-state index contributed by atoms with van der Waals surface area (Å²) in [5, 5.41) is 0. The van der Waals surface area contributed by atoms with E-state index in [1.54, 1.807) is 7.11 Å². The number of ether oxygens (including phenoxy) is 3. The second kappa shape index (κ2) is 12.2. The van der Waals surface area contributed by atoms with E-state index in [1.807, 2.05) is 24.3 Å². The molecule has 0 amide bonds. The average molecular weight is 479 g/mol. The summed E-state index contributed by atoms with van der Waals surface area (Å²) in [4.78, 5) is 0. The first-order valence-electron chi connectivity index (χ1n) is 13.1. The number of methoxy groups -OCH3 is 1. The van der Waals surface area contributed by atoms with Gasteiger partial charge in [0.2, 0.25) is 8.32 Å². The Bertz CT molecular complexity index is 681. The van der Waals surface area contributed by atoms with Crippen LogP contribution in [0.4, 0.5) is 0 Å². The monoisotopic (exact) mass is 478 g/mol. The molecule has 1 aliphatic rings. The molecule has 6 atom stereocenters. The van der Waals surface area contributed by atoms with Crippen LogP contribution < -0.4 is 4.74 Å². The summed E-state index contributed by atoms with van der Waals surface area (Å²) in [5.41, 5.74) is 2.74. The zero-order chi connectivity index (χ0) is 24.9. The Morgan fingerprint density at radius 1 is 0.939 bits per heavy atom. The van der Waals surface area contributed by atoms with Crippen molar-refractivity contribution in [2.45, 2.75) is 111 Å². The lowest BCUT2D eigenvalue weighted by molar-refractivity contribution is -0.256. The van der Waals surface area contributed by atoms with Crippen LogP contribution in [0.15, 0.2) is 24.3 Å². The van der Waals surface area contributed by atoms with Gasteiger partial charge in [-0.15, -0.1) is 0 Å². The Morgan fingerprint density at radius 2 is 1.48 bits per heavy atom. The minimum absolute atomic E-state index is 0.0861. The van der Waals surface area contributed by atoms with Crippen LogP contribution >= 0.6 is 0 Å². The predicted octanol–water partition coefficient (Wildman–Crippen LogP) is 7.99. The van der Waals surface area contributed by atoms with Gasteiger partial charge in [-0.25, -0.2) is 0 Å². The molecule has 2 rings (SSSR count). The summed E-state index contributed by atoms with van der Waals surface area (Å²) in [7, 11) is -0.324. The minimum atomic E-state index is -2.01. The fraction of sp³-hybridized carbons (Fsp3) is 0.786. The van der Waals surface area contributed by atoms with Gasteiger partial charge in [0.25, 0.3) is 0 Å². The van der Waals surface area contributed by atoms with E-state index in [4.69, 9.17) is 18.6 Å². The second-order valence-electron chi connectivity index (χ2n) is 11.2. The number of hydrogen-bond acceptors (Lipinski definition) is 4. The van der Waals surface area contributed by atoms with Gasteiger partial charge in [-0.1, -0.05) is 87.8 Å². The SMILES string of the molecule is CC[C@H](C)[C@H](O[Si](C(C)C)(C(C)C)C(C)C)[C@H](C)[C@@H]1O[C@H](c2ccc(OC)cc2)OC[C@H]1C. The van der Waals surface area contributed by atoms with Crippen molar-refractivity contribution in [3.8, 4) is 5.75 Å². The number of benzene rings is 1. The lowest BCUT2D eigenvalue weighted by atomic mass is 9.83. The van der Waals surface area contributed by atoms with Crippen molar-refractivity contribution in [3.63, 3.8) is 0 Å². The van der Waals surface area contributed by atoms with Crippen molar-refractivity contribution >= 4 is 8.32 Å². The van der Waals surface area contributed by atoms with E-state index in [2.05, 4.69) is 69.2 Å². The van der Waals surface area contributed by atoms with Gasteiger partial charge in [0.15, 0.2) is 6.29 Å². The van der Waals surface area contributed by atoms with E-state index in [0.29, 0.717) is 35.1 Å². The van der Waals surface area contributed by atoms with Crippen molar-refractivity contribution < 1.29 is 18.6 Å². The normalized spacial score (nSPS) is 24.8. The largest absolute Gasteiger partial charge is 0.497 e. The van der Waals surface area contributed by atoms with Crippen molar-refractivity contribution in [3.05, 3.63) is 29.8 Å². The van der Waals surface area contributed by atoms with Gasteiger partial charge >= 0.3 is 0 Å². The molecule has 0 saturated carbocycles. The zero-order valence-electron chi connectivity index (χ0n) is 23.1. The first kappa shape index (κ1) is 28.4. The summed E-state index contributed by atoms with van der Waals surface area (Å²) < 4.78 is 25.5. The first-order valence-corrected chi connectivity index (χ1v) is 15.2. The van der Waals surface area contributed by atoms with Crippen molar-refractivity contribution in [1.29, 1.82) is 0 Å². The van der Waals surface area contributed by atoms with Crippen LogP contribution in [0.2, 0.25) is 16.6 Å². The third-order valence-electron chi connectivity index (χ3n) is 8.03. The Balaban J connectivity index is 2.33. The molecule has 1 aromatic carbocycles. The molecule has 0 unspecified atom stereocenters. The molecular weight excluding hydrogens is 428 g/mol. The summed E-state index contributed by atoms with van der Waals surface area (Å²) in [6, 6.07) is 8.02. The molecule has 1 aromatic rings. The molecule has 1 heterocycles. The summed E-state index contributed by atoms with van der Waals surface area (Å²) in [6.45, 7) is 24.2. The van der Waals surface area contributed by atoms with E-state index in [0.717, 1.165) is 17.7 Å². The Hall–Kier alpha value is -0.883. The van der Waals surface area contributed by atoms with Gasteiger partial charge in [0.1, 0.15) is 5.75 Å². The van der Waals surface area contributed by atoms with E-state index in [9.17, 15) is 0 Å². The van der Waals surface area contributed by atoms with E-state index >= 15 is 0 Å². The van der Waals surface area contributed by atoms with E-state index in [-0.39, 0.29) is 24.4 Å². The molecule has 1 saturated heterocycles. The van der Waals surface area contributed by atoms with Crippen LogP contribution in [-0.2, 0) is 13.9 Å². The van der Waals surface area contributed by atoms with Gasteiger partial charge in [0, 0.05) is 17.4 Å². The van der Waals surface area contributed by atoms with Crippen LogP contribution in [0.5, 0.6) is 5.75 Å². The van der Waals surface area contributed by atoms with Crippen LogP contribution in [-0.4, -0.2) is 34.2 Å². The molecule has 5 heteroatoms. The van der Waals surface area contributed by atoms with Crippen LogP contribution in [0, 0.1) is 17.8 Å². The maximum Gasteiger partial charge on any atom is 0.200 e. The molecule has 0 radical (unpaired) electrons. The Kier molecular flexibility index (Phi) is 10.5. The molecule has 0 N–H and O–H groups in total. The van der Waals surface area contributed by atoms with E-state index < -0.39 is 8.32 Å². The Labute approximate surface area is 204 Å². The van der Waals surface area contributed by atoms with Crippen molar-refractivity contribution in [2.24, 2.45) is 17.8 Å².